The molecule has 0 amide bonds. The molecule has 0 radical (unpaired) electrons. The Hall–Kier alpha value is -0.590. The van der Waals surface area contributed by atoms with Crippen molar-refractivity contribution in [3.8, 4) is 0 Å². The van der Waals surface area contributed by atoms with E-state index < -0.39 is 0 Å². The molecule has 0 aromatic rings. The van der Waals surface area contributed by atoms with Gasteiger partial charge in [0, 0.05) is 12.1 Å². The lowest BCUT2D eigenvalue weighted by molar-refractivity contribution is 0.638. The van der Waals surface area contributed by atoms with Crippen molar-refractivity contribution in [3.63, 3.8) is 0 Å². The Morgan fingerprint density at radius 3 is 3.33 bits per heavy atom. The molecule has 9 heavy (non-hydrogen) atoms. The van der Waals surface area contributed by atoms with Gasteiger partial charge in [0.2, 0.25) is 0 Å². The van der Waals surface area contributed by atoms with Crippen molar-refractivity contribution >= 4 is 5.71 Å². The largest absolute Gasteiger partial charge is 0.286 e. The number of dihydropyridines is 1. The normalized spacial score (nSPS) is 32.0. The zero-order valence-electron chi connectivity index (χ0n) is 5.51. The molecule has 0 aromatic carbocycles. The monoisotopic (exact) mass is 121 g/mol. The van der Waals surface area contributed by atoms with Crippen LogP contribution in [0.25, 0.3) is 0 Å². The summed E-state index contributed by atoms with van der Waals surface area (Å²) in [6, 6.07) is 0.558. The Bertz CT molecular complexity index is 167. The van der Waals surface area contributed by atoms with Gasteiger partial charge in [0.1, 0.15) is 0 Å². The molecule has 1 nitrogen and oxygen atoms in total. The number of hydrogen-bond donors (Lipinski definition) is 0. The second-order valence-corrected chi connectivity index (χ2v) is 2.79. The van der Waals surface area contributed by atoms with Crippen molar-refractivity contribution in [3.05, 3.63) is 12.2 Å². The van der Waals surface area contributed by atoms with Crippen LogP contribution in [0.4, 0.5) is 0 Å². The summed E-state index contributed by atoms with van der Waals surface area (Å²) in [7, 11) is 0. The third-order valence-corrected chi connectivity index (χ3v) is 2.03. The number of fused-ring (bicyclic) bond motifs is 1. The molecule has 1 atom stereocenters. The van der Waals surface area contributed by atoms with Crippen molar-refractivity contribution < 1.29 is 0 Å². The molecule has 48 valence electrons. The zero-order valence-corrected chi connectivity index (χ0v) is 5.51. The standard InChI is InChI=1S/C8H11N/c1-3-7-5-2-6-8(4-1)9-7/h1,3,7H,2,4-6H2. The lowest BCUT2D eigenvalue weighted by Gasteiger charge is -2.20. The summed E-state index contributed by atoms with van der Waals surface area (Å²) in [6.07, 6.45) is 9.50. The topological polar surface area (TPSA) is 12.4 Å². The summed E-state index contributed by atoms with van der Waals surface area (Å²) in [4.78, 5) is 4.52. The summed E-state index contributed by atoms with van der Waals surface area (Å²) in [6.45, 7) is 0. The Morgan fingerprint density at radius 2 is 2.56 bits per heavy atom. The molecule has 1 unspecified atom stereocenters. The maximum absolute atomic E-state index is 4.52. The first-order chi connectivity index (χ1) is 4.45. The SMILES string of the molecule is C1=CC2CCCC(=N2)C1. The van der Waals surface area contributed by atoms with Gasteiger partial charge < -0.3 is 0 Å². The van der Waals surface area contributed by atoms with E-state index in [0.717, 1.165) is 6.42 Å². The van der Waals surface area contributed by atoms with E-state index >= 15 is 0 Å². The van der Waals surface area contributed by atoms with Gasteiger partial charge in [0.15, 0.2) is 0 Å². The molecule has 2 aliphatic heterocycles. The Balaban J connectivity index is 2.22. The number of aliphatic imine (C=N–C) groups is 1. The second kappa shape index (κ2) is 1.98. The Labute approximate surface area is 55.5 Å². The number of allylic oxidation sites excluding steroid dienone is 1. The van der Waals surface area contributed by atoms with Gasteiger partial charge in [-0.3, -0.25) is 4.99 Å². The minimum Gasteiger partial charge on any atom is -0.286 e. The van der Waals surface area contributed by atoms with Crippen molar-refractivity contribution in [1.82, 2.24) is 0 Å². The summed E-state index contributed by atoms with van der Waals surface area (Å²) in [5, 5.41) is 0. The first kappa shape index (κ1) is 5.21. The summed E-state index contributed by atoms with van der Waals surface area (Å²) in [5.74, 6) is 0. The van der Waals surface area contributed by atoms with Crippen LogP contribution in [0.5, 0.6) is 0 Å². The Morgan fingerprint density at radius 1 is 1.56 bits per heavy atom. The molecule has 0 aliphatic carbocycles. The molecular formula is C8H11N. The van der Waals surface area contributed by atoms with Crippen molar-refractivity contribution in [1.29, 1.82) is 0 Å². The van der Waals surface area contributed by atoms with Gasteiger partial charge in [-0.15, -0.1) is 0 Å². The lowest BCUT2D eigenvalue weighted by Crippen LogP contribution is -2.16. The molecule has 0 N–H and O–H groups in total. The van der Waals surface area contributed by atoms with Gasteiger partial charge in [-0.2, -0.15) is 0 Å². The number of hydrogen-bond acceptors (Lipinski definition) is 1. The molecule has 0 saturated heterocycles. The van der Waals surface area contributed by atoms with Crippen LogP contribution in [0.2, 0.25) is 0 Å². The predicted octanol–water partition coefficient (Wildman–Crippen LogP) is 1.94. The maximum Gasteiger partial charge on any atom is 0.0679 e. The predicted molar refractivity (Wildman–Crippen MR) is 38.8 cm³/mol. The van der Waals surface area contributed by atoms with Crippen LogP contribution in [0, 0.1) is 0 Å². The second-order valence-electron chi connectivity index (χ2n) is 2.79. The summed E-state index contributed by atoms with van der Waals surface area (Å²) >= 11 is 0. The van der Waals surface area contributed by atoms with E-state index in [0.29, 0.717) is 6.04 Å². The number of rotatable bonds is 0. The first-order valence-electron chi connectivity index (χ1n) is 3.67. The molecule has 0 aromatic heterocycles. The van der Waals surface area contributed by atoms with E-state index in [-0.39, 0.29) is 0 Å². The van der Waals surface area contributed by atoms with Crippen LogP contribution in [-0.2, 0) is 0 Å². The highest BCUT2D eigenvalue weighted by molar-refractivity contribution is 5.87. The van der Waals surface area contributed by atoms with E-state index in [1.54, 1.807) is 0 Å². The smallest absolute Gasteiger partial charge is 0.0679 e. The minimum atomic E-state index is 0.558. The van der Waals surface area contributed by atoms with E-state index in [1.165, 1.54) is 25.0 Å². The molecule has 0 spiro atoms. The van der Waals surface area contributed by atoms with Gasteiger partial charge in [-0.1, -0.05) is 12.2 Å². The highest BCUT2D eigenvalue weighted by atomic mass is 14.8. The van der Waals surface area contributed by atoms with E-state index in [1.807, 2.05) is 0 Å². The highest BCUT2D eigenvalue weighted by Crippen LogP contribution is 2.20. The fourth-order valence-electron chi connectivity index (χ4n) is 1.53. The molecule has 0 saturated carbocycles. The molecule has 2 aliphatic rings. The molecule has 2 bridgehead atoms. The first-order valence-corrected chi connectivity index (χ1v) is 3.67. The van der Waals surface area contributed by atoms with Crippen LogP contribution < -0.4 is 0 Å². The van der Waals surface area contributed by atoms with Crippen LogP contribution in [0.15, 0.2) is 17.1 Å². The van der Waals surface area contributed by atoms with Gasteiger partial charge in [0.05, 0.1) is 6.04 Å². The Kier molecular flexibility index (Phi) is 1.15. The van der Waals surface area contributed by atoms with E-state index in [2.05, 4.69) is 17.1 Å². The van der Waals surface area contributed by atoms with E-state index in [4.69, 9.17) is 0 Å². The summed E-state index contributed by atoms with van der Waals surface area (Å²) < 4.78 is 0. The van der Waals surface area contributed by atoms with Crippen molar-refractivity contribution in [2.45, 2.75) is 31.7 Å². The highest BCUT2D eigenvalue weighted by Gasteiger charge is 2.14. The fourth-order valence-corrected chi connectivity index (χ4v) is 1.53. The van der Waals surface area contributed by atoms with Gasteiger partial charge in [-0.05, 0) is 19.3 Å². The van der Waals surface area contributed by atoms with Crippen LogP contribution in [0.1, 0.15) is 25.7 Å². The van der Waals surface area contributed by atoms with Gasteiger partial charge in [0.25, 0.3) is 0 Å². The lowest BCUT2D eigenvalue weighted by atomic mass is 9.96. The third kappa shape index (κ3) is 0.913. The fraction of sp³-hybridized carbons (Fsp3) is 0.625. The zero-order chi connectivity index (χ0) is 6.10. The van der Waals surface area contributed by atoms with Crippen LogP contribution in [0.3, 0.4) is 0 Å². The molecule has 1 heteroatoms. The average Bonchev–Trinajstić information content (AvgIpc) is 1.88. The van der Waals surface area contributed by atoms with Crippen molar-refractivity contribution in [2.24, 2.45) is 4.99 Å². The van der Waals surface area contributed by atoms with Crippen molar-refractivity contribution in [2.75, 3.05) is 0 Å². The summed E-state index contributed by atoms with van der Waals surface area (Å²) in [5.41, 5.74) is 1.42. The van der Waals surface area contributed by atoms with Gasteiger partial charge >= 0.3 is 0 Å². The molecule has 2 heterocycles. The quantitative estimate of drug-likeness (QED) is 0.434. The van der Waals surface area contributed by atoms with Crippen LogP contribution in [-0.4, -0.2) is 11.8 Å². The number of nitrogens with zero attached hydrogens (tertiary/aromatic N) is 1. The minimum absolute atomic E-state index is 0.558. The maximum atomic E-state index is 4.52. The third-order valence-electron chi connectivity index (χ3n) is 2.03. The molecule has 0 fully saturated rings. The molecular weight excluding hydrogens is 110 g/mol. The average molecular weight is 121 g/mol. The van der Waals surface area contributed by atoms with Crippen LogP contribution >= 0.6 is 0 Å². The molecule has 2 rings (SSSR count). The van der Waals surface area contributed by atoms with E-state index in [9.17, 15) is 0 Å². The van der Waals surface area contributed by atoms with Gasteiger partial charge in [-0.25, -0.2) is 0 Å².